The number of aryl methyl sites for hydroxylation is 2. The molecule has 0 saturated heterocycles. The first kappa shape index (κ1) is 27.6. The van der Waals surface area contributed by atoms with Crippen molar-refractivity contribution < 1.29 is 13.9 Å². The molecule has 0 spiro atoms. The van der Waals surface area contributed by atoms with Crippen LogP contribution >= 0.6 is 15.9 Å². The van der Waals surface area contributed by atoms with Crippen molar-refractivity contribution >= 4 is 27.4 Å². The third-order valence-electron chi connectivity index (χ3n) is 7.67. The lowest BCUT2D eigenvalue weighted by molar-refractivity contribution is -0.127. The molecule has 1 saturated carbocycles. The van der Waals surface area contributed by atoms with Crippen molar-refractivity contribution in [2.24, 2.45) is 0 Å². The van der Waals surface area contributed by atoms with Gasteiger partial charge in [0.25, 0.3) is 5.91 Å². The lowest BCUT2D eigenvalue weighted by atomic mass is 9.92. The molecule has 4 nitrogen and oxygen atoms in total. The van der Waals surface area contributed by atoms with Crippen LogP contribution in [0.1, 0.15) is 47.9 Å². The number of amides is 1. The number of carbonyl (C=O) groups is 1. The third kappa shape index (κ3) is 7.17. The van der Waals surface area contributed by atoms with Crippen LogP contribution in [0.3, 0.4) is 0 Å². The van der Waals surface area contributed by atoms with E-state index >= 15 is 0 Å². The fourth-order valence-corrected chi connectivity index (χ4v) is 5.63. The first-order valence-electron chi connectivity index (χ1n) is 13.9. The van der Waals surface area contributed by atoms with E-state index < -0.39 is 0 Å². The summed E-state index contributed by atoms with van der Waals surface area (Å²) in [7, 11) is 0. The van der Waals surface area contributed by atoms with Crippen LogP contribution in [0.5, 0.6) is 5.75 Å². The summed E-state index contributed by atoms with van der Waals surface area (Å²) >= 11 is 3.40. The number of halogens is 2. The molecule has 1 aliphatic carbocycles. The van der Waals surface area contributed by atoms with Crippen LogP contribution in [-0.4, -0.2) is 43.1 Å². The molecule has 0 aromatic heterocycles. The Bertz CT molecular complexity index is 1330. The number of carbonyl (C=O) groups excluding carboxylic acids is 1. The lowest BCUT2D eigenvalue weighted by Crippen LogP contribution is -2.40. The highest BCUT2D eigenvalue weighted by Gasteiger charge is 2.35. The first-order chi connectivity index (χ1) is 19.0. The Morgan fingerprint density at radius 3 is 2.64 bits per heavy atom. The predicted molar refractivity (Wildman–Crippen MR) is 158 cm³/mol. The van der Waals surface area contributed by atoms with Crippen molar-refractivity contribution in [3.05, 3.63) is 105 Å². The number of rotatable bonds is 11. The molecule has 0 atom stereocenters. The van der Waals surface area contributed by atoms with Gasteiger partial charge in [0, 0.05) is 30.8 Å². The summed E-state index contributed by atoms with van der Waals surface area (Å²) in [4.78, 5) is 16.0. The standard InChI is InChI=1S/C33H36BrFN2O2/c1-23-5-2-3-7-25(23)17-19-37(28-13-14-28)33(38)30-22-36-18-16-29(30)26-10-8-24(9-11-26)6-4-20-39-32-21-27(35)12-15-31(32)34/h2-3,5,7-12,15,21,28,36H,4,6,13-14,16-20,22H2,1H3. The number of nitrogens with one attached hydrogen (secondary N) is 1. The number of nitrogens with zero attached hydrogens (tertiary/aromatic N) is 1. The lowest BCUT2D eigenvalue weighted by Gasteiger charge is -2.28. The minimum atomic E-state index is -0.305. The Morgan fingerprint density at radius 2 is 1.87 bits per heavy atom. The van der Waals surface area contributed by atoms with E-state index in [1.807, 2.05) is 0 Å². The molecular weight excluding hydrogens is 555 g/mol. The van der Waals surface area contributed by atoms with Gasteiger partial charge in [0.15, 0.2) is 0 Å². The summed E-state index contributed by atoms with van der Waals surface area (Å²) in [5.74, 6) is 0.415. The zero-order valence-corrected chi connectivity index (χ0v) is 24.1. The van der Waals surface area contributed by atoms with Crippen LogP contribution in [0.4, 0.5) is 4.39 Å². The molecule has 6 heteroatoms. The summed E-state index contributed by atoms with van der Waals surface area (Å²) in [6, 6.07) is 21.9. The van der Waals surface area contributed by atoms with Crippen LogP contribution in [0, 0.1) is 12.7 Å². The Hall–Kier alpha value is -2.96. The summed E-state index contributed by atoms with van der Waals surface area (Å²) in [6.45, 7) is 4.92. The molecule has 0 radical (unpaired) electrons. The average molecular weight is 592 g/mol. The van der Waals surface area contributed by atoms with Crippen LogP contribution in [0.2, 0.25) is 0 Å². The van der Waals surface area contributed by atoms with Crippen molar-refractivity contribution in [1.82, 2.24) is 10.2 Å². The molecule has 1 aliphatic heterocycles. The second kappa shape index (κ2) is 12.9. The summed E-state index contributed by atoms with van der Waals surface area (Å²) in [5.41, 5.74) is 7.05. The van der Waals surface area contributed by atoms with Gasteiger partial charge in [0.05, 0.1) is 11.1 Å². The number of ether oxygens (including phenoxy) is 1. The first-order valence-corrected chi connectivity index (χ1v) is 14.7. The molecular formula is C33H36BrFN2O2. The quantitative estimate of drug-likeness (QED) is 0.247. The summed E-state index contributed by atoms with van der Waals surface area (Å²) < 4.78 is 20.0. The maximum atomic E-state index is 13.9. The Labute approximate surface area is 239 Å². The molecule has 1 N–H and O–H groups in total. The second-order valence-corrected chi connectivity index (χ2v) is 11.4. The maximum absolute atomic E-state index is 13.9. The molecule has 3 aromatic rings. The molecule has 3 aromatic carbocycles. The van der Waals surface area contributed by atoms with E-state index in [1.165, 1.54) is 34.4 Å². The summed E-state index contributed by atoms with van der Waals surface area (Å²) in [6.07, 6.45) is 5.64. The van der Waals surface area contributed by atoms with Crippen molar-refractivity contribution in [2.45, 2.75) is 51.5 Å². The second-order valence-electron chi connectivity index (χ2n) is 10.5. The van der Waals surface area contributed by atoms with Crippen molar-refractivity contribution in [2.75, 3.05) is 26.2 Å². The zero-order chi connectivity index (χ0) is 27.2. The molecule has 1 heterocycles. The van der Waals surface area contributed by atoms with Gasteiger partial charge in [-0.2, -0.15) is 0 Å². The summed E-state index contributed by atoms with van der Waals surface area (Å²) in [5, 5.41) is 3.43. The molecule has 39 heavy (non-hydrogen) atoms. The monoisotopic (exact) mass is 590 g/mol. The Balaban J connectivity index is 1.23. The minimum absolute atomic E-state index is 0.193. The van der Waals surface area contributed by atoms with Gasteiger partial charge >= 0.3 is 0 Å². The average Bonchev–Trinajstić information content (AvgIpc) is 3.80. The predicted octanol–water partition coefficient (Wildman–Crippen LogP) is 6.89. The van der Waals surface area contributed by atoms with Crippen molar-refractivity contribution in [3.63, 3.8) is 0 Å². The van der Waals surface area contributed by atoms with Gasteiger partial charge in [-0.05, 0) is 108 Å². The number of hydrogen-bond acceptors (Lipinski definition) is 3. The van der Waals surface area contributed by atoms with Gasteiger partial charge in [-0.15, -0.1) is 0 Å². The van der Waals surface area contributed by atoms with Crippen LogP contribution in [0.15, 0.2) is 76.8 Å². The van der Waals surface area contributed by atoms with E-state index in [-0.39, 0.29) is 11.7 Å². The highest BCUT2D eigenvalue weighted by molar-refractivity contribution is 9.10. The van der Waals surface area contributed by atoms with Gasteiger partial charge < -0.3 is 15.0 Å². The zero-order valence-electron chi connectivity index (χ0n) is 22.5. The van der Waals surface area contributed by atoms with Gasteiger partial charge in [0.1, 0.15) is 11.6 Å². The molecule has 5 rings (SSSR count). The van der Waals surface area contributed by atoms with E-state index in [9.17, 15) is 9.18 Å². The molecule has 204 valence electrons. The van der Waals surface area contributed by atoms with Gasteiger partial charge in [-0.25, -0.2) is 4.39 Å². The molecule has 0 bridgehead atoms. The van der Waals surface area contributed by atoms with E-state index in [0.29, 0.717) is 24.9 Å². The van der Waals surface area contributed by atoms with E-state index in [2.05, 4.69) is 81.6 Å². The molecule has 1 fully saturated rings. The SMILES string of the molecule is Cc1ccccc1CCN(C(=O)C1=C(c2ccc(CCCOc3cc(F)ccc3Br)cc2)CCNC1)C1CC1. The van der Waals surface area contributed by atoms with Crippen LogP contribution in [0.25, 0.3) is 5.57 Å². The van der Waals surface area contributed by atoms with Gasteiger partial charge in [0.2, 0.25) is 0 Å². The maximum Gasteiger partial charge on any atom is 0.251 e. The van der Waals surface area contributed by atoms with Gasteiger partial charge in [-0.3, -0.25) is 4.79 Å². The third-order valence-corrected chi connectivity index (χ3v) is 8.33. The molecule has 1 amide bonds. The molecule has 0 unspecified atom stereocenters. The largest absolute Gasteiger partial charge is 0.492 e. The van der Waals surface area contributed by atoms with E-state index in [0.717, 1.165) is 67.2 Å². The number of benzene rings is 3. The number of hydrogen-bond donors (Lipinski definition) is 1. The fourth-order valence-electron chi connectivity index (χ4n) is 5.27. The Morgan fingerprint density at radius 1 is 1.08 bits per heavy atom. The molecule has 2 aliphatic rings. The van der Waals surface area contributed by atoms with Gasteiger partial charge in [-0.1, -0.05) is 48.5 Å². The van der Waals surface area contributed by atoms with E-state index in [4.69, 9.17) is 4.74 Å². The fraction of sp³-hybridized carbons (Fsp3) is 0.364. The minimum Gasteiger partial charge on any atom is -0.492 e. The van der Waals surface area contributed by atoms with Crippen molar-refractivity contribution in [1.29, 1.82) is 0 Å². The highest BCUT2D eigenvalue weighted by Crippen LogP contribution is 2.32. The topological polar surface area (TPSA) is 41.6 Å². The van der Waals surface area contributed by atoms with Crippen LogP contribution in [-0.2, 0) is 17.6 Å². The van der Waals surface area contributed by atoms with Crippen LogP contribution < -0.4 is 10.1 Å². The highest BCUT2D eigenvalue weighted by atomic mass is 79.9. The smallest absolute Gasteiger partial charge is 0.251 e. The van der Waals surface area contributed by atoms with E-state index in [1.54, 1.807) is 6.07 Å². The normalized spacial score (nSPS) is 15.4. The Kier molecular flexibility index (Phi) is 9.15. The van der Waals surface area contributed by atoms with Crippen molar-refractivity contribution in [3.8, 4) is 5.75 Å².